The van der Waals surface area contributed by atoms with Crippen molar-refractivity contribution in [2.75, 3.05) is 11.4 Å². The Morgan fingerprint density at radius 1 is 1.03 bits per heavy atom. The molecule has 2 aromatic carbocycles. The van der Waals surface area contributed by atoms with Crippen molar-refractivity contribution in [1.29, 1.82) is 0 Å². The Kier molecular flexibility index (Phi) is 5.89. The molecule has 0 aliphatic heterocycles. The maximum Gasteiger partial charge on any atom is 0.335 e. The molecule has 7 nitrogen and oxygen atoms in total. The second-order valence-corrected chi connectivity index (χ2v) is 8.93. The molecule has 0 aliphatic rings. The fourth-order valence-corrected chi connectivity index (χ4v) is 4.00. The molecule has 158 valence electrons. The summed E-state index contributed by atoms with van der Waals surface area (Å²) in [5.41, 5.74) is 3.20. The van der Waals surface area contributed by atoms with Gasteiger partial charge in [0.05, 0.1) is 11.3 Å². The molecule has 0 atom stereocenters. The summed E-state index contributed by atoms with van der Waals surface area (Å²) in [6, 6.07) is 12.9. The zero-order valence-corrected chi connectivity index (χ0v) is 18.0. The minimum absolute atomic E-state index is 0.143. The highest BCUT2D eigenvalue weighted by atomic mass is 32.2. The Bertz CT molecular complexity index is 1180. The third kappa shape index (κ3) is 4.33. The molecule has 0 saturated carbocycles. The van der Waals surface area contributed by atoms with Crippen molar-refractivity contribution >= 4 is 21.7 Å². The van der Waals surface area contributed by atoms with Gasteiger partial charge in [-0.3, -0.25) is 4.31 Å². The largest absolute Gasteiger partial charge is 0.487 e. The Labute approximate surface area is 175 Å². The normalized spacial score (nSPS) is 11.3. The molecule has 0 radical (unpaired) electrons. The van der Waals surface area contributed by atoms with E-state index in [2.05, 4.69) is 0 Å². The van der Waals surface area contributed by atoms with Gasteiger partial charge in [0.2, 0.25) is 5.09 Å². The van der Waals surface area contributed by atoms with Gasteiger partial charge in [-0.05, 0) is 73.9 Å². The number of carboxylic acid groups (broad SMARTS) is 1. The summed E-state index contributed by atoms with van der Waals surface area (Å²) >= 11 is 0. The van der Waals surface area contributed by atoms with E-state index >= 15 is 0 Å². The topological polar surface area (TPSA) is 97.0 Å². The number of hydrogen-bond donors (Lipinski definition) is 1. The minimum Gasteiger partial charge on any atom is -0.487 e. The van der Waals surface area contributed by atoms with Gasteiger partial charge in [0.15, 0.2) is 0 Å². The van der Waals surface area contributed by atoms with Gasteiger partial charge in [0.1, 0.15) is 18.1 Å². The van der Waals surface area contributed by atoms with Crippen molar-refractivity contribution in [2.45, 2.75) is 32.5 Å². The van der Waals surface area contributed by atoms with Gasteiger partial charge in [-0.15, -0.1) is 0 Å². The van der Waals surface area contributed by atoms with Crippen molar-refractivity contribution in [3.63, 3.8) is 0 Å². The number of carbonyl (C=O) groups is 1. The third-order valence-electron chi connectivity index (χ3n) is 4.84. The zero-order valence-electron chi connectivity index (χ0n) is 17.2. The Morgan fingerprint density at radius 3 is 2.23 bits per heavy atom. The van der Waals surface area contributed by atoms with E-state index in [4.69, 9.17) is 14.3 Å². The van der Waals surface area contributed by atoms with Gasteiger partial charge in [-0.2, -0.15) is 8.42 Å². The first kappa shape index (κ1) is 21.4. The van der Waals surface area contributed by atoms with Gasteiger partial charge in [-0.25, -0.2) is 4.79 Å². The summed E-state index contributed by atoms with van der Waals surface area (Å²) in [5, 5.41) is 8.87. The summed E-state index contributed by atoms with van der Waals surface area (Å²) < 4.78 is 38.4. The van der Waals surface area contributed by atoms with Crippen molar-refractivity contribution in [3.8, 4) is 5.75 Å². The number of rotatable bonds is 7. The van der Waals surface area contributed by atoms with Crippen LogP contribution in [0.1, 0.15) is 32.8 Å². The van der Waals surface area contributed by atoms with E-state index in [0.717, 1.165) is 21.0 Å². The quantitative estimate of drug-likeness (QED) is 0.601. The lowest BCUT2D eigenvalue weighted by Crippen LogP contribution is -2.27. The van der Waals surface area contributed by atoms with Gasteiger partial charge in [0.25, 0.3) is 10.0 Å². The van der Waals surface area contributed by atoms with Crippen molar-refractivity contribution in [3.05, 3.63) is 76.5 Å². The van der Waals surface area contributed by atoms with Crippen LogP contribution in [0.5, 0.6) is 5.75 Å². The van der Waals surface area contributed by atoms with Gasteiger partial charge < -0.3 is 14.3 Å². The predicted molar refractivity (Wildman–Crippen MR) is 113 cm³/mol. The molecule has 0 fully saturated rings. The SMILES string of the molecule is Cc1ccc(S(=O)(=O)N(C)c2cc(C)c(C)cc2OCc2ccc(C(=O)O)cc2)o1. The lowest BCUT2D eigenvalue weighted by atomic mass is 10.1. The molecule has 1 N–H and O–H groups in total. The number of furan rings is 1. The molecule has 30 heavy (non-hydrogen) atoms. The predicted octanol–water partition coefficient (Wildman–Crippen LogP) is 4.31. The van der Waals surface area contributed by atoms with E-state index in [-0.39, 0.29) is 17.3 Å². The maximum absolute atomic E-state index is 13.0. The van der Waals surface area contributed by atoms with E-state index in [1.165, 1.54) is 25.2 Å². The lowest BCUT2D eigenvalue weighted by Gasteiger charge is -2.22. The highest BCUT2D eigenvalue weighted by Crippen LogP contribution is 2.35. The highest BCUT2D eigenvalue weighted by molar-refractivity contribution is 7.92. The second kappa shape index (κ2) is 8.23. The number of aryl methyl sites for hydroxylation is 3. The molecule has 0 spiro atoms. The molecular weight excluding hydrogens is 406 g/mol. The Hall–Kier alpha value is -3.26. The highest BCUT2D eigenvalue weighted by Gasteiger charge is 2.27. The Morgan fingerprint density at radius 2 is 1.67 bits per heavy atom. The fraction of sp³-hybridized carbons (Fsp3) is 0.227. The smallest absolute Gasteiger partial charge is 0.335 e. The lowest BCUT2D eigenvalue weighted by molar-refractivity contribution is 0.0697. The first-order valence-electron chi connectivity index (χ1n) is 9.21. The van der Waals surface area contributed by atoms with Gasteiger partial charge in [0, 0.05) is 7.05 Å². The first-order chi connectivity index (χ1) is 14.1. The number of benzene rings is 2. The van der Waals surface area contributed by atoms with Crippen molar-refractivity contribution in [2.24, 2.45) is 0 Å². The second-order valence-electron chi connectivity index (χ2n) is 7.03. The molecule has 3 aromatic rings. The molecular formula is C22H23NO6S. The van der Waals surface area contributed by atoms with Gasteiger partial charge in [-0.1, -0.05) is 12.1 Å². The number of carboxylic acids is 1. The fourth-order valence-electron chi connectivity index (χ4n) is 2.86. The number of anilines is 1. The van der Waals surface area contributed by atoms with Crippen LogP contribution in [-0.2, 0) is 16.6 Å². The Balaban J connectivity index is 1.91. The molecule has 0 amide bonds. The molecule has 0 unspecified atom stereocenters. The van der Waals surface area contributed by atoms with E-state index in [1.807, 2.05) is 13.8 Å². The van der Waals surface area contributed by atoms with Crippen molar-refractivity contribution < 1.29 is 27.5 Å². The molecule has 0 bridgehead atoms. The minimum atomic E-state index is -3.90. The van der Waals surface area contributed by atoms with Crippen LogP contribution < -0.4 is 9.04 Å². The standard InChI is InChI=1S/C22H23NO6S/c1-14-11-19(23(4)30(26,27)21-10-5-16(3)29-21)20(12-15(14)2)28-13-17-6-8-18(9-7-17)22(24)25/h5-12H,13H2,1-4H3,(H,24,25). The summed E-state index contributed by atoms with van der Waals surface area (Å²) in [6.07, 6.45) is 0. The number of aromatic carboxylic acids is 1. The number of nitrogens with zero attached hydrogens (tertiary/aromatic N) is 1. The van der Waals surface area contributed by atoms with Crippen LogP contribution in [0.2, 0.25) is 0 Å². The summed E-state index contributed by atoms with van der Waals surface area (Å²) in [4.78, 5) is 11.0. The van der Waals surface area contributed by atoms with Crippen LogP contribution in [0.15, 0.2) is 58.0 Å². The molecule has 0 aliphatic carbocycles. The molecule has 1 aromatic heterocycles. The van der Waals surface area contributed by atoms with Crippen LogP contribution in [0.3, 0.4) is 0 Å². The molecule has 8 heteroatoms. The van der Waals surface area contributed by atoms with Crippen LogP contribution in [0.25, 0.3) is 0 Å². The van der Waals surface area contributed by atoms with Crippen LogP contribution in [-0.4, -0.2) is 26.5 Å². The first-order valence-corrected chi connectivity index (χ1v) is 10.6. The average Bonchev–Trinajstić information content (AvgIpc) is 3.15. The monoisotopic (exact) mass is 429 g/mol. The molecule has 0 saturated heterocycles. The number of sulfonamides is 1. The van der Waals surface area contributed by atoms with Crippen molar-refractivity contribution in [1.82, 2.24) is 0 Å². The van der Waals surface area contributed by atoms with E-state index in [1.54, 1.807) is 37.3 Å². The van der Waals surface area contributed by atoms with Crippen LogP contribution >= 0.6 is 0 Å². The summed E-state index contributed by atoms with van der Waals surface area (Å²) in [5.74, 6) is -0.1000. The molecule has 1 heterocycles. The maximum atomic E-state index is 13.0. The third-order valence-corrected chi connectivity index (χ3v) is 6.49. The van der Waals surface area contributed by atoms with Crippen LogP contribution in [0, 0.1) is 20.8 Å². The van der Waals surface area contributed by atoms with E-state index in [9.17, 15) is 13.2 Å². The van der Waals surface area contributed by atoms with E-state index < -0.39 is 16.0 Å². The zero-order chi connectivity index (χ0) is 22.1. The summed E-state index contributed by atoms with van der Waals surface area (Å²) in [6.45, 7) is 5.64. The molecule has 3 rings (SSSR count). The van der Waals surface area contributed by atoms with Gasteiger partial charge >= 0.3 is 5.97 Å². The number of hydrogen-bond acceptors (Lipinski definition) is 5. The number of ether oxygens (including phenoxy) is 1. The van der Waals surface area contributed by atoms with E-state index in [0.29, 0.717) is 17.2 Å². The van der Waals surface area contributed by atoms with Crippen LogP contribution in [0.4, 0.5) is 5.69 Å². The average molecular weight is 429 g/mol. The summed E-state index contributed by atoms with van der Waals surface area (Å²) in [7, 11) is -2.45.